The van der Waals surface area contributed by atoms with Gasteiger partial charge in [-0.1, -0.05) is 121 Å². The van der Waals surface area contributed by atoms with Crippen LogP contribution in [-0.4, -0.2) is 239 Å². The average Bonchev–Trinajstić information content (AvgIpc) is 1.52. The predicted octanol–water partition coefficient (Wildman–Crippen LogP) is 7.57. The highest BCUT2D eigenvalue weighted by molar-refractivity contribution is 6.09. The highest BCUT2D eigenvalue weighted by atomic mass is 16.5. The number of rotatable bonds is 24. The molecule has 4 atom stereocenters. The normalized spacial score (nSPS) is 26.2. The topological polar surface area (TPSA) is 364 Å². The zero-order chi connectivity index (χ0) is 107. The minimum atomic E-state index is -3.39. The van der Waals surface area contributed by atoms with E-state index in [9.17, 15) is 57.5 Å². The number of piperidine rings is 4. The number of carbonyl (C=O) groups is 12. The summed E-state index contributed by atoms with van der Waals surface area (Å²) in [6.45, 7) is 6.00. The van der Waals surface area contributed by atoms with E-state index in [1.807, 2.05) is 53.8 Å². The standard InChI is InChI=1S/4C25H28N4O4/c4*30-23-8-7-22(24(31)27-23)29-16-20-19(25(29)32)5-2-6-21(20)26-14-17-3-1-4-18(13-17)15-28-9-11-33-12-10-28/h4*1-6,13,22,26H,7-12,14-16H2,(H,27,30,31)/i7D2,8D2,14D2,22D;7D2,8D2,14D2;14D2,22D;14D2. The summed E-state index contributed by atoms with van der Waals surface area (Å²) in [5, 5.41) is 19.6. The molecule has 8 fully saturated rings. The third kappa shape index (κ3) is 22.1. The first-order chi connectivity index (χ1) is 71.0. The van der Waals surface area contributed by atoms with Crippen LogP contribution in [0.5, 0.6) is 0 Å². The molecule has 12 aliphatic heterocycles. The smallest absolute Gasteiger partial charge is 0.255 e. The lowest BCUT2D eigenvalue weighted by Crippen LogP contribution is -2.52. The highest BCUT2D eigenvalue weighted by Crippen LogP contribution is 2.38. The fourth-order valence-corrected chi connectivity index (χ4v) is 17.4. The van der Waals surface area contributed by atoms with Crippen LogP contribution in [-0.2, 0) is 136 Å². The highest BCUT2D eigenvalue weighted by Gasteiger charge is 2.45. The zero-order valence-electron chi connectivity index (χ0n) is 90.2. The molecular weight excluding hydrogens is 1680 g/mol. The maximum Gasteiger partial charge on any atom is 0.255 e. The van der Waals surface area contributed by atoms with Crippen LogP contribution in [0, 0.1) is 0 Å². The van der Waals surface area contributed by atoms with Crippen molar-refractivity contribution in [1.29, 1.82) is 0 Å². The lowest BCUT2D eigenvalue weighted by atomic mass is 10.0. The Balaban J connectivity index is 0.000000136. The first kappa shape index (κ1) is 70.9. The number of fused-ring (bicyclic) bond motifs is 4. The van der Waals surface area contributed by atoms with Gasteiger partial charge in [0.1, 0.15) is 24.1 Å². The van der Waals surface area contributed by atoms with Gasteiger partial charge in [-0.3, -0.25) is 98.4 Å². The van der Waals surface area contributed by atoms with Crippen molar-refractivity contribution in [2.45, 2.75) is 154 Å². The third-order valence-electron chi connectivity index (χ3n) is 24.2. The molecular formula is C100H112N16O16. The van der Waals surface area contributed by atoms with E-state index >= 15 is 0 Å². The maximum atomic E-state index is 13.4. The summed E-state index contributed by atoms with van der Waals surface area (Å²) in [4.78, 5) is 163. The molecule has 8 aromatic rings. The average molecular weight is 1810 g/mol. The van der Waals surface area contributed by atoms with E-state index in [0.29, 0.717) is 139 Å². The predicted molar refractivity (Wildman–Crippen MR) is 489 cm³/mol. The molecule has 688 valence electrons. The van der Waals surface area contributed by atoms with Crippen LogP contribution >= 0.6 is 0 Å². The van der Waals surface area contributed by atoms with Crippen molar-refractivity contribution in [1.82, 2.24) is 60.5 Å². The molecule has 8 N–H and O–H groups in total. The Morgan fingerprint density at radius 3 is 0.939 bits per heavy atom. The molecule has 0 bridgehead atoms. The molecule has 0 aromatic heterocycles. The zero-order valence-corrected chi connectivity index (χ0v) is 72.2. The van der Waals surface area contributed by atoms with Crippen molar-refractivity contribution < 1.29 is 101 Å². The first-order valence-corrected chi connectivity index (χ1v) is 43.9. The number of hydrogen-bond donors (Lipinski definition) is 8. The molecule has 0 aliphatic carbocycles. The molecule has 4 unspecified atom stereocenters. The maximum absolute atomic E-state index is 13.4. The van der Waals surface area contributed by atoms with Crippen LogP contribution in [0.25, 0.3) is 0 Å². The van der Waals surface area contributed by atoms with Crippen molar-refractivity contribution in [2.24, 2.45) is 0 Å². The van der Waals surface area contributed by atoms with Gasteiger partial charge in [0.25, 0.3) is 23.6 Å². The van der Waals surface area contributed by atoms with E-state index in [2.05, 4.69) is 51.5 Å². The molecule has 132 heavy (non-hydrogen) atoms. The van der Waals surface area contributed by atoms with E-state index in [-0.39, 0.29) is 85.2 Å². The Morgan fingerprint density at radius 2 is 0.583 bits per heavy atom. The van der Waals surface area contributed by atoms with Crippen molar-refractivity contribution in [2.75, 3.05) is 126 Å². The minimum Gasteiger partial charge on any atom is -0.381 e. The van der Waals surface area contributed by atoms with Gasteiger partial charge in [0.2, 0.25) is 47.3 Å². The monoisotopic (exact) mass is 1810 g/mol. The second-order valence-corrected chi connectivity index (χ2v) is 33.0. The van der Waals surface area contributed by atoms with Gasteiger partial charge in [0, 0.05) is 235 Å². The van der Waals surface area contributed by atoms with Gasteiger partial charge in [-0.15, -0.1) is 0 Å². The summed E-state index contributed by atoms with van der Waals surface area (Å²) in [5.41, 5.74) is 9.55. The molecule has 0 radical (unpaired) electrons. The number of morpholine rings is 4. The van der Waals surface area contributed by atoms with E-state index < -0.39 is 141 Å². The second-order valence-electron chi connectivity index (χ2n) is 33.0. The van der Waals surface area contributed by atoms with Crippen LogP contribution in [0.3, 0.4) is 0 Å². The molecule has 0 saturated carbocycles. The van der Waals surface area contributed by atoms with Gasteiger partial charge in [0.15, 0.2) is 0 Å². The lowest BCUT2D eigenvalue weighted by molar-refractivity contribution is -0.138. The van der Waals surface area contributed by atoms with Crippen molar-refractivity contribution in [3.63, 3.8) is 0 Å². The molecule has 32 heteroatoms. The lowest BCUT2D eigenvalue weighted by Gasteiger charge is -2.29. The van der Waals surface area contributed by atoms with Crippen molar-refractivity contribution in [3.8, 4) is 0 Å². The van der Waals surface area contributed by atoms with Crippen LogP contribution < -0.4 is 42.5 Å². The number of hydrogen-bond acceptors (Lipinski definition) is 24. The Kier molecular flexibility index (Phi) is 22.8. The number of carbonyl (C=O) groups excluding carboxylic acids is 12. The molecule has 8 aromatic carbocycles. The van der Waals surface area contributed by atoms with Crippen LogP contribution in [0.15, 0.2) is 170 Å². The number of anilines is 4. The molecule has 32 nitrogen and oxygen atoms in total. The van der Waals surface area contributed by atoms with Gasteiger partial charge in [-0.2, -0.15) is 0 Å². The van der Waals surface area contributed by atoms with Gasteiger partial charge in [-0.25, -0.2) is 0 Å². The molecule has 20 rings (SSSR count). The number of nitrogens with one attached hydrogen (secondary N) is 8. The van der Waals surface area contributed by atoms with E-state index in [4.69, 9.17) is 43.6 Å². The molecule has 12 heterocycles. The number of amides is 12. The summed E-state index contributed by atoms with van der Waals surface area (Å²) in [5.74, 6) is -9.96. The molecule has 8 saturated heterocycles. The Labute approximate surface area is 791 Å². The summed E-state index contributed by atoms with van der Waals surface area (Å²) >= 11 is 0. The van der Waals surface area contributed by atoms with Gasteiger partial charge in [0.05, 0.1) is 66.6 Å². The summed E-state index contributed by atoms with van der Waals surface area (Å²) in [7, 11) is 0. The van der Waals surface area contributed by atoms with Crippen molar-refractivity contribution in [3.05, 3.63) is 259 Å². The van der Waals surface area contributed by atoms with E-state index in [1.165, 1.54) is 29.2 Å². The number of benzene rings is 8. The molecule has 12 amide bonds. The fourth-order valence-electron chi connectivity index (χ4n) is 17.4. The minimum absolute atomic E-state index is 0.00885. The van der Waals surface area contributed by atoms with Crippen LogP contribution in [0.4, 0.5) is 22.7 Å². The Hall–Kier alpha value is -12.9. The quantitative estimate of drug-likeness (QED) is 0.0270. The van der Waals surface area contributed by atoms with Gasteiger partial charge < -0.3 is 59.8 Å². The number of nitrogens with zero attached hydrogens (tertiary/aromatic N) is 8. The third-order valence-corrected chi connectivity index (χ3v) is 24.2. The van der Waals surface area contributed by atoms with Gasteiger partial charge in [-0.05, 0) is 119 Å². The van der Waals surface area contributed by atoms with E-state index in [0.717, 1.165) is 91.0 Å². The first-order valence-electron chi connectivity index (χ1n) is 52.9. The van der Waals surface area contributed by atoms with E-state index in [1.54, 1.807) is 102 Å². The van der Waals surface area contributed by atoms with Crippen LogP contribution in [0.2, 0.25) is 0 Å². The van der Waals surface area contributed by atoms with Gasteiger partial charge >= 0.3 is 0 Å². The SMILES string of the molecule is [2H]C([2H])(Nc1cccc2c1CN(C1([2H])C(=O)NC(=O)C([2H])([2H])C1([2H])[2H])C2=O)c1cccc(CN2CCOCC2)c1.[2H]C([2H])(Nc1cccc2c1CN(C1([2H])CCC(=O)NC1=O)C2=O)c1cccc(CN2CCOCC2)c1.[2H]C([2H])(Nc1cccc2c1CN(C1C(=O)NC(=O)C([2H])([2H])C1([2H])[2H])C2=O)c1cccc(CN2CCOCC2)c1.[2H]C([2H])(Nc1cccc2c1CN(C1CCC(=O)NC1=O)C2=O)c1cccc(CN2CCOCC2)c1. The largest absolute Gasteiger partial charge is 0.381 e. The molecule has 0 spiro atoms. The number of ether oxygens (including phenoxy) is 4. The Morgan fingerprint density at radius 1 is 0.311 bits per heavy atom. The van der Waals surface area contributed by atoms with Crippen LogP contribution in [0.1, 0.15) is 184 Å². The number of imide groups is 4. The summed E-state index contributed by atoms with van der Waals surface area (Å²) in [6, 6.07) is 40.5. The summed E-state index contributed by atoms with van der Waals surface area (Å²) in [6.07, 6.45) is -12.4. The molecule has 12 aliphatic rings. The fraction of sp³-hybridized carbons (Fsp3) is 0.400. The van der Waals surface area contributed by atoms with Crippen molar-refractivity contribution >= 4 is 93.6 Å². The second kappa shape index (κ2) is 42.5. The Bertz CT molecular complexity index is 6650. The summed E-state index contributed by atoms with van der Waals surface area (Å²) < 4.78 is 174.